The minimum Gasteiger partial charge on any atom is -0.384 e. The zero-order chi connectivity index (χ0) is 27.3. The summed E-state index contributed by atoms with van der Waals surface area (Å²) in [4.78, 5) is 22.7. The molecule has 1 aliphatic carbocycles. The Labute approximate surface area is 223 Å². The van der Waals surface area contributed by atoms with Crippen molar-refractivity contribution >= 4 is 28.8 Å². The second kappa shape index (κ2) is 12.2. The summed E-state index contributed by atoms with van der Waals surface area (Å²) in [7, 11) is 3.88. The van der Waals surface area contributed by atoms with Gasteiger partial charge in [-0.05, 0) is 56.5 Å². The maximum Gasteiger partial charge on any atom is 0.419 e. The molecule has 2 aromatic rings. The number of halogens is 3. The lowest BCUT2D eigenvalue weighted by atomic mass is 9.84. The number of alkyl halides is 3. The molecule has 0 radical (unpaired) electrons. The lowest BCUT2D eigenvalue weighted by Crippen LogP contribution is -2.44. The number of nitrogens with one attached hydrogen (secondary N) is 2. The maximum atomic E-state index is 13.7. The second-order valence-electron chi connectivity index (χ2n) is 10.4. The number of amides is 1. The number of rotatable bonds is 10. The van der Waals surface area contributed by atoms with Gasteiger partial charge in [0.2, 0.25) is 5.91 Å². The quantitative estimate of drug-likeness (QED) is 0.409. The van der Waals surface area contributed by atoms with E-state index in [0.717, 1.165) is 75.0 Å². The first kappa shape index (κ1) is 28.0. The van der Waals surface area contributed by atoms with Crippen molar-refractivity contribution in [3.8, 4) is 0 Å². The van der Waals surface area contributed by atoms with Crippen LogP contribution in [0.2, 0.25) is 0 Å². The predicted molar refractivity (Wildman–Crippen MR) is 146 cm³/mol. The van der Waals surface area contributed by atoms with Crippen molar-refractivity contribution in [3.63, 3.8) is 0 Å². The van der Waals surface area contributed by atoms with Crippen molar-refractivity contribution in [3.05, 3.63) is 41.6 Å². The number of carbonyl (C=O) groups excluding carboxylic acids is 1. The summed E-state index contributed by atoms with van der Waals surface area (Å²) in [6, 6.07) is 7.60. The van der Waals surface area contributed by atoms with E-state index in [4.69, 9.17) is 0 Å². The number of carbonyl (C=O) groups is 1. The Hall–Kier alpha value is -3.01. The van der Waals surface area contributed by atoms with E-state index in [1.807, 2.05) is 6.07 Å². The Bertz CT molecular complexity index is 1100. The molecule has 10 heteroatoms. The van der Waals surface area contributed by atoms with Crippen molar-refractivity contribution in [1.29, 1.82) is 0 Å². The first-order chi connectivity index (χ1) is 18.2. The number of hydrogen-bond donors (Lipinski definition) is 2. The molecular formula is C28H39F3N6O. The van der Waals surface area contributed by atoms with E-state index >= 15 is 0 Å². The average Bonchev–Trinajstić information content (AvgIpc) is 2.85. The third-order valence-corrected chi connectivity index (χ3v) is 7.63. The molecular weight excluding hydrogens is 493 g/mol. The van der Waals surface area contributed by atoms with Crippen LogP contribution in [0, 0.1) is 5.92 Å². The van der Waals surface area contributed by atoms with Gasteiger partial charge < -0.3 is 25.3 Å². The van der Waals surface area contributed by atoms with Crippen LogP contribution in [-0.4, -0.2) is 74.1 Å². The highest BCUT2D eigenvalue weighted by atomic mass is 19.4. The summed E-state index contributed by atoms with van der Waals surface area (Å²) < 4.78 is 41.1. The molecule has 1 aromatic carbocycles. The van der Waals surface area contributed by atoms with E-state index < -0.39 is 11.7 Å². The van der Waals surface area contributed by atoms with Gasteiger partial charge in [-0.1, -0.05) is 13.3 Å². The number of likely N-dealkylation sites (N-methyl/N-ethyl adjacent to an activating group) is 1. The Morgan fingerprint density at radius 1 is 1.13 bits per heavy atom. The van der Waals surface area contributed by atoms with Gasteiger partial charge in [-0.25, -0.2) is 4.98 Å². The highest BCUT2D eigenvalue weighted by Gasteiger charge is 2.34. The SMILES string of the molecule is CCc1cc(N2CCN(C)CC2)ccc1Nc1cc(NCCCN(C)C(=O)C2CCC2)c(C(F)(F)F)cn1. The second-order valence-corrected chi connectivity index (χ2v) is 10.4. The highest BCUT2D eigenvalue weighted by molar-refractivity contribution is 5.79. The zero-order valence-corrected chi connectivity index (χ0v) is 22.6. The molecule has 7 nitrogen and oxygen atoms in total. The number of hydrogen-bond acceptors (Lipinski definition) is 6. The molecule has 0 unspecified atom stereocenters. The molecule has 1 saturated carbocycles. The Morgan fingerprint density at radius 2 is 1.87 bits per heavy atom. The summed E-state index contributed by atoms with van der Waals surface area (Å²) in [6.45, 7) is 6.83. The largest absolute Gasteiger partial charge is 0.419 e. The molecule has 1 aromatic heterocycles. The van der Waals surface area contributed by atoms with E-state index in [0.29, 0.717) is 25.3 Å². The molecule has 0 bridgehead atoms. The summed E-state index contributed by atoms with van der Waals surface area (Å²) in [5, 5.41) is 6.16. The van der Waals surface area contributed by atoms with E-state index in [2.05, 4.69) is 51.5 Å². The van der Waals surface area contributed by atoms with Crippen LogP contribution in [0.15, 0.2) is 30.5 Å². The molecule has 2 fully saturated rings. The first-order valence-corrected chi connectivity index (χ1v) is 13.5. The van der Waals surface area contributed by atoms with Gasteiger partial charge in [0.05, 0.1) is 11.3 Å². The fourth-order valence-corrected chi connectivity index (χ4v) is 4.91. The number of aryl methyl sites for hydroxylation is 1. The number of piperazine rings is 1. The van der Waals surface area contributed by atoms with Crippen LogP contribution < -0.4 is 15.5 Å². The lowest BCUT2D eigenvalue weighted by molar-refractivity contribution is -0.137. The van der Waals surface area contributed by atoms with Gasteiger partial charge in [-0.2, -0.15) is 13.2 Å². The minimum absolute atomic E-state index is 0.0184. The van der Waals surface area contributed by atoms with Gasteiger partial charge in [0, 0.05) is 75.9 Å². The van der Waals surface area contributed by atoms with Crippen molar-refractivity contribution in [2.45, 2.75) is 45.2 Å². The molecule has 0 spiro atoms. The molecule has 38 heavy (non-hydrogen) atoms. The number of aromatic nitrogens is 1. The van der Waals surface area contributed by atoms with Crippen LogP contribution >= 0.6 is 0 Å². The van der Waals surface area contributed by atoms with Crippen LogP contribution in [-0.2, 0) is 17.4 Å². The summed E-state index contributed by atoms with van der Waals surface area (Å²) >= 11 is 0. The van der Waals surface area contributed by atoms with Crippen molar-refractivity contribution in [2.75, 3.05) is 68.9 Å². The van der Waals surface area contributed by atoms with Crippen LogP contribution in [0.1, 0.15) is 43.7 Å². The Kier molecular flexibility index (Phi) is 9.02. The zero-order valence-electron chi connectivity index (χ0n) is 22.6. The monoisotopic (exact) mass is 532 g/mol. The van der Waals surface area contributed by atoms with Crippen LogP contribution in [0.25, 0.3) is 0 Å². The fraction of sp³-hybridized carbons (Fsp3) is 0.571. The molecule has 2 N–H and O–H groups in total. The molecule has 1 amide bonds. The fourth-order valence-electron chi connectivity index (χ4n) is 4.91. The van der Waals surface area contributed by atoms with Gasteiger partial charge in [-0.15, -0.1) is 0 Å². The van der Waals surface area contributed by atoms with Crippen molar-refractivity contribution in [1.82, 2.24) is 14.8 Å². The molecule has 208 valence electrons. The molecule has 1 aliphatic heterocycles. The average molecular weight is 533 g/mol. The Balaban J connectivity index is 1.42. The standard InChI is InChI=1S/C28H39F3N6O/c1-4-20-17-22(37-15-13-35(2)14-16-37)9-10-24(20)34-26-18-25(23(19-33-26)28(29,30)31)32-11-6-12-36(3)27(38)21-7-5-8-21/h9-10,17-19,21H,4-8,11-16H2,1-3H3,(H2,32,33,34). The summed E-state index contributed by atoms with van der Waals surface area (Å²) in [5.41, 5.74) is 2.25. The van der Waals surface area contributed by atoms with Crippen molar-refractivity contribution < 1.29 is 18.0 Å². The topological polar surface area (TPSA) is 63.7 Å². The normalized spacial score (nSPS) is 16.7. The molecule has 2 heterocycles. The highest BCUT2D eigenvalue weighted by Crippen LogP contribution is 2.36. The van der Waals surface area contributed by atoms with E-state index in [1.54, 1.807) is 11.9 Å². The van der Waals surface area contributed by atoms with Gasteiger partial charge in [0.15, 0.2) is 0 Å². The number of pyridine rings is 1. The van der Waals surface area contributed by atoms with E-state index in [1.165, 1.54) is 6.07 Å². The van der Waals surface area contributed by atoms with Gasteiger partial charge in [-0.3, -0.25) is 4.79 Å². The molecule has 1 saturated heterocycles. The third-order valence-electron chi connectivity index (χ3n) is 7.63. The number of benzene rings is 1. The van der Waals surface area contributed by atoms with Crippen LogP contribution in [0.5, 0.6) is 0 Å². The third kappa shape index (κ3) is 6.89. The predicted octanol–water partition coefficient (Wildman–Crippen LogP) is 5.22. The van der Waals surface area contributed by atoms with Crippen molar-refractivity contribution in [2.24, 2.45) is 5.92 Å². The smallest absolute Gasteiger partial charge is 0.384 e. The van der Waals surface area contributed by atoms with Crippen LogP contribution in [0.4, 0.5) is 36.1 Å². The summed E-state index contributed by atoms with van der Waals surface area (Å²) in [6.07, 6.45) is 0.631. The van der Waals surface area contributed by atoms with Gasteiger partial charge >= 0.3 is 6.18 Å². The Morgan fingerprint density at radius 3 is 2.50 bits per heavy atom. The van der Waals surface area contributed by atoms with Crippen LogP contribution in [0.3, 0.4) is 0 Å². The van der Waals surface area contributed by atoms with E-state index in [9.17, 15) is 18.0 Å². The minimum atomic E-state index is -4.52. The maximum absolute atomic E-state index is 13.7. The lowest BCUT2D eigenvalue weighted by Gasteiger charge is -2.34. The summed E-state index contributed by atoms with van der Waals surface area (Å²) in [5.74, 6) is 0.593. The van der Waals surface area contributed by atoms with Gasteiger partial charge in [0.1, 0.15) is 5.82 Å². The molecule has 2 aliphatic rings. The van der Waals surface area contributed by atoms with Gasteiger partial charge in [0.25, 0.3) is 0 Å². The first-order valence-electron chi connectivity index (χ1n) is 13.5. The van der Waals surface area contributed by atoms with E-state index in [-0.39, 0.29) is 17.5 Å². The molecule has 0 atom stereocenters. The number of anilines is 4. The molecule has 4 rings (SSSR count). The number of nitrogens with zero attached hydrogens (tertiary/aromatic N) is 4.